The van der Waals surface area contributed by atoms with Crippen molar-refractivity contribution in [2.24, 2.45) is 11.8 Å². The highest BCUT2D eigenvalue weighted by atomic mass is 16.6. The lowest BCUT2D eigenvalue weighted by molar-refractivity contribution is -0.198. The molecule has 1 aromatic rings. The van der Waals surface area contributed by atoms with Crippen molar-refractivity contribution in [1.82, 2.24) is 9.80 Å². The molecule has 2 fully saturated rings. The SMILES string of the molecule is CCOC(=O)C(OCc1ccccc1)(C(=O)N1C(=O)[C@@H]2C[C@@H](OC(C)=O)CN2C(=O)[C@@H]1C(C)CC)C(C)C. The minimum atomic E-state index is -2.16. The smallest absolute Gasteiger partial charge is 0.348 e. The van der Waals surface area contributed by atoms with Gasteiger partial charge >= 0.3 is 11.9 Å². The molecule has 3 rings (SSSR count). The van der Waals surface area contributed by atoms with Crippen LogP contribution in [-0.2, 0) is 44.8 Å². The van der Waals surface area contributed by atoms with Crippen LogP contribution in [0, 0.1) is 11.8 Å². The molecular weight excluding hydrogens is 492 g/mol. The Kier molecular flexibility index (Phi) is 9.30. The number of imide groups is 1. The summed E-state index contributed by atoms with van der Waals surface area (Å²) >= 11 is 0. The molecule has 2 aliphatic heterocycles. The summed E-state index contributed by atoms with van der Waals surface area (Å²) in [4.78, 5) is 69.5. The van der Waals surface area contributed by atoms with Gasteiger partial charge in [0.1, 0.15) is 18.2 Å². The van der Waals surface area contributed by atoms with Crippen LogP contribution < -0.4 is 0 Å². The van der Waals surface area contributed by atoms with Crippen molar-refractivity contribution in [3.8, 4) is 0 Å². The highest BCUT2D eigenvalue weighted by Gasteiger charge is 2.61. The molecular formula is C28H38N2O8. The Bertz CT molecular complexity index is 1060. The molecule has 5 atom stereocenters. The standard InChI is InChI=1S/C28H38N2O8/c1-7-18(5)23-25(33)29-15-21(38-19(6)31)14-22(29)24(32)30(23)26(34)28(17(3)4,27(35)36-8-2)37-16-20-12-10-9-11-13-20/h9-13,17-18,21-23H,7-8,14-16H2,1-6H3/t18?,21-,22+,23+,28?/m1/s1. The van der Waals surface area contributed by atoms with E-state index in [9.17, 15) is 24.0 Å². The normalized spacial score (nSPS) is 23.6. The molecule has 0 aliphatic carbocycles. The van der Waals surface area contributed by atoms with Gasteiger partial charge in [-0.1, -0.05) is 64.4 Å². The summed E-state index contributed by atoms with van der Waals surface area (Å²) in [6.45, 7) is 9.79. The van der Waals surface area contributed by atoms with Crippen molar-refractivity contribution in [2.75, 3.05) is 13.2 Å². The Morgan fingerprint density at radius 1 is 1.05 bits per heavy atom. The molecule has 1 aromatic carbocycles. The van der Waals surface area contributed by atoms with Crippen molar-refractivity contribution in [1.29, 1.82) is 0 Å². The van der Waals surface area contributed by atoms with E-state index in [1.54, 1.807) is 39.8 Å². The lowest BCUT2D eigenvalue weighted by Gasteiger charge is -2.46. The second-order valence-corrected chi connectivity index (χ2v) is 10.2. The van der Waals surface area contributed by atoms with Crippen molar-refractivity contribution in [3.63, 3.8) is 0 Å². The number of rotatable bonds is 10. The van der Waals surface area contributed by atoms with Crippen LogP contribution in [0.2, 0.25) is 0 Å². The fourth-order valence-electron chi connectivity index (χ4n) is 5.17. The van der Waals surface area contributed by atoms with Gasteiger partial charge in [0.25, 0.3) is 11.8 Å². The van der Waals surface area contributed by atoms with E-state index < -0.39 is 65.3 Å². The van der Waals surface area contributed by atoms with E-state index in [0.29, 0.717) is 6.42 Å². The number of esters is 2. The predicted molar refractivity (Wildman–Crippen MR) is 136 cm³/mol. The molecule has 2 heterocycles. The number of ether oxygens (including phenoxy) is 3. The highest BCUT2D eigenvalue weighted by molar-refractivity contribution is 6.16. The minimum absolute atomic E-state index is 0.00256. The number of amides is 3. The van der Waals surface area contributed by atoms with Gasteiger partial charge < -0.3 is 19.1 Å². The van der Waals surface area contributed by atoms with Crippen molar-refractivity contribution >= 4 is 29.7 Å². The minimum Gasteiger partial charge on any atom is -0.463 e. The van der Waals surface area contributed by atoms with Crippen molar-refractivity contribution in [2.45, 2.75) is 84.8 Å². The van der Waals surface area contributed by atoms with Crippen LogP contribution in [-0.4, -0.2) is 76.4 Å². The lowest BCUT2D eigenvalue weighted by Crippen LogP contribution is -2.71. The quantitative estimate of drug-likeness (QED) is 0.334. The van der Waals surface area contributed by atoms with Crippen LogP contribution in [0.15, 0.2) is 30.3 Å². The Balaban J connectivity index is 2.08. The highest BCUT2D eigenvalue weighted by Crippen LogP contribution is 2.36. The molecule has 10 nitrogen and oxygen atoms in total. The average Bonchev–Trinajstić information content (AvgIpc) is 3.30. The zero-order valence-electron chi connectivity index (χ0n) is 23.0. The number of nitrogens with zero attached hydrogens (tertiary/aromatic N) is 2. The largest absolute Gasteiger partial charge is 0.463 e. The number of piperazine rings is 1. The first-order valence-corrected chi connectivity index (χ1v) is 13.2. The van der Waals surface area contributed by atoms with Gasteiger partial charge in [-0.25, -0.2) is 4.79 Å². The summed E-state index contributed by atoms with van der Waals surface area (Å²) in [5, 5.41) is 0. The number of carbonyl (C=O) groups is 5. The van der Waals surface area contributed by atoms with Gasteiger partial charge in [0.05, 0.1) is 19.8 Å². The molecule has 2 aliphatic rings. The number of benzene rings is 1. The average molecular weight is 531 g/mol. The number of hydrogen-bond acceptors (Lipinski definition) is 8. The van der Waals surface area contributed by atoms with Crippen LogP contribution in [0.25, 0.3) is 0 Å². The maximum atomic E-state index is 14.5. The van der Waals surface area contributed by atoms with Crippen LogP contribution in [0.4, 0.5) is 0 Å². The van der Waals surface area contributed by atoms with Gasteiger partial charge in [-0.2, -0.15) is 0 Å². The van der Waals surface area contributed by atoms with E-state index in [2.05, 4.69) is 0 Å². The van der Waals surface area contributed by atoms with Gasteiger partial charge in [-0.15, -0.1) is 0 Å². The van der Waals surface area contributed by atoms with Crippen molar-refractivity contribution < 1.29 is 38.2 Å². The van der Waals surface area contributed by atoms with Gasteiger partial charge in [0, 0.05) is 19.3 Å². The van der Waals surface area contributed by atoms with Gasteiger partial charge in [-0.05, 0) is 18.4 Å². The molecule has 0 aromatic heterocycles. The maximum Gasteiger partial charge on any atom is 0.348 e. The van der Waals surface area contributed by atoms with Crippen LogP contribution >= 0.6 is 0 Å². The Morgan fingerprint density at radius 2 is 1.71 bits per heavy atom. The van der Waals surface area contributed by atoms with E-state index in [1.165, 1.54) is 11.8 Å². The molecule has 0 saturated carbocycles. The maximum absolute atomic E-state index is 14.5. The third-order valence-electron chi connectivity index (χ3n) is 7.35. The van der Waals surface area contributed by atoms with E-state index in [4.69, 9.17) is 14.2 Å². The van der Waals surface area contributed by atoms with E-state index >= 15 is 0 Å². The summed E-state index contributed by atoms with van der Waals surface area (Å²) in [5.74, 6) is -4.51. The molecule has 0 radical (unpaired) electrons. The van der Waals surface area contributed by atoms with Crippen molar-refractivity contribution in [3.05, 3.63) is 35.9 Å². The number of fused-ring (bicyclic) bond motifs is 1. The summed E-state index contributed by atoms with van der Waals surface area (Å²) in [5.41, 5.74) is -1.44. The third-order valence-corrected chi connectivity index (χ3v) is 7.35. The predicted octanol–water partition coefficient (Wildman–Crippen LogP) is 2.48. The second kappa shape index (κ2) is 12.1. The van der Waals surface area contributed by atoms with Gasteiger partial charge in [0.15, 0.2) is 0 Å². The molecule has 2 unspecified atom stereocenters. The first-order chi connectivity index (χ1) is 18.0. The summed E-state index contributed by atoms with van der Waals surface area (Å²) in [7, 11) is 0. The molecule has 0 bridgehead atoms. The fourth-order valence-corrected chi connectivity index (χ4v) is 5.17. The molecule has 2 saturated heterocycles. The van der Waals surface area contributed by atoms with E-state index in [1.807, 2.05) is 25.1 Å². The van der Waals surface area contributed by atoms with Crippen LogP contribution in [0.1, 0.15) is 59.9 Å². The second-order valence-electron chi connectivity index (χ2n) is 10.2. The van der Waals surface area contributed by atoms with Gasteiger partial charge in [-0.3, -0.25) is 24.1 Å². The van der Waals surface area contributed by atoms with E-state index in [-0.39, 0.29) is 26.2 Å². The Morgan fingerprint density at radius 3 is 2.26 bits per heavy atom. The van der Waals surface area contributed by atoms with Crippen LogP contribution in [0.3, 0.4) is 0 Å². The Labute approximate surface area is 223 Å². The number of carbonyl (C=O) groups excluding carboxylic acids is 5. The monoisotopic (exact) mass is 530 g/mol. The van der Waals surface area contributed by atoms with Crippen LogP contribution in [0.5, 0.6) is 0 Å². The molecule has 3 amide bonds. The zero-order valence-corrected chi connectivity index (χ0v) is 23.0. The molecule has 208 valence electrons. The topological polar surface area (TPSA) is 120 Å². The van der Waals surface area contributed by atoms with E-state index in [0.717, 1.165) is 10.5 Å². The summed E-state index contributed by atoms with van der Waals surface area (Å²) in [6.07, 6.45) is -0.0920. The first-order valence-electron chi connectivity index (χ1n) is 13.2. The third kappa shape index (κ3) is 5.45. The molecule has 38 heavy (non-hydrogen) atoms. The first kappa shape index (κ1) is 29.3. The fraction of sp³-hybridized carbons (Fsp3) is 0.607. The molecule has 0 N–H and O–H groups in total. The van der Waals surface area contributed by atoms with Gasteiger partial charge in [0.2, 0.25) is 11.5 Å². The molecule has 10 heteroatoms. The number of hydrogen-bond donors (Lipinski definition) is 0. The summed E-state index contributed by atoms with van der Waals surface area (Å²) < 4.78 is 16.7. The Hall–Kier alpha value is -3.27. The zero-order chi connectivity index (χ0) is 28.2. The summed E-state index contributed by atoms with van der Waals surface area (Å²) in [6, 6.07) is 6.91. The lowest BCUT2D eigenvalue weighted by atomic mass is 9.84. The molecule has 0 spiro atoms.